The molecule has 0 N–H and O–H groups in total. The van der Waals surface area contributed by atoms with E-state index in [0.717, 1.165) is 38.5 Å². The molecule has 16 heavy (non-hydrogen) atoms. The fourth-order valence-electron chi connectivity index (χ4n) is 2.04. The monoisotopic (exact) mass is 266 g/mol. The number of rotatable bonds is 4. The van der Waals surface area contributed by atoms with E-state index in [4.69, 9.17) is 32.7 Å². The minimum absolute atomic E-state index is 0.343. The Labute approximate surface area is 105 Å². The van der Waals surface area contributed by atoms with Gasteiger partial charge >= 0.3 is 6.16 Å². The van der Waals surface area contributed by atoms with E-state index < -0.39 is 17.4 Å². The van der Waals surface area contributed by atoms with Gasteiger partial charge in [-0.1, -0.05) is 0 Å². The zero-order chi connectivity index (χ0) is 11.6. The molecule has 2 aliphatic carbocycles. The van der Waals surface area contributed by atoms with Crippen molar-refractivity contribution in [2.24, 2.45) is 0 Å². The van der Waals surface area contributed by atoms with E-state index >= 15 is 0 Å². The van der Waals surface area contributed by atoms with Crippen LogP contribution in [0.25, 0.3) is 0 Å². The number of ether oxygens (including phenoxy) is 2. The maximum atomic E-state index is 11.6. The number of carbonyl (C=O) groups is 1. The predicted molar refractivity (Wildman–Crippen MR) is 62.2 cm³/mol. The Hall–Kier alpha value is -0.150. The van der Waals surface area contributed by atoms with Gasteiger partial charge in [0.2, 0.25) is 0 Å². The van der Waals surface area contributed by atoms with Crippen molar-refractivity contribution in [3.05, 3.63) is 0 Å². The second-order valence-electron chi connectivity index (χ2n) is 4.79. The molecule has 0 unspecified atom stereocenters. The second kappa shape index (κ2) is 4.61. The van der Waals surface area contributed by atoms with Crippen molar-refractivity contribution in [2.45, 2.75) is 49.7 Å². The highest BCUT2D eigenvalue weighted by molar-refractivity contribution is 6.19. The normalized spacial score (nSPS) is 25.1. The molecule has 0 amide bonds. The maximum Gasteiger partial charge on any atom is 0.509 e. The van der Waals surface area contributed by atoms with Crippen molar-refractivity contribution in [1.82, 2.24) is 0 Å². The van der Waals surface area contributed by atoms with Crippen LogP contribution in [0.3, 0.4) is 0 Å². The van der Waals surface area contributed by atoms with E-state index in [0.29, 0.717) is 11.8 Å². The molecule has 92 valence electrons. The Bertz CT molecular complexity index is 235. The van der Waals surface area contributed by atoms with E-state index in [1.165, 1.54) is 0 Å². The van der Waals surface area contributed by atoms with Crippen molar-refractivity contribution in [2.75, 3.05) is 11.8 Å². The molecule has 2 aliphatic rings. The number of hydrogen-bond acceptors (Lipinski definition) is 3. The fraction of sp³-hybridized carbons (Fsp3) is 0.909. The summed E-state index contributed by atoms with van der Waals surface area (Å²) in [6.07, 6.45) is 4.83. The molecule has 2 rings (SSSR count). The van der Waals surface area contributed by atoms with Gasteiger partial charge in [0.25, 0.3) is 0 Å². The van der Waals surface area contributed by atoms with E-state index in [2.05, 4.69) is 0 Å². The largest absolute Gasteiger partial charge is 0.509 e. The molecule has 0 saturated heterocycles. The van der Waals surface area contributed by atoms with Crippen LogP contribution in [0.5, 0.6) is 0 Å². The first-order valence-electron chi connectivity index (χ1n) is 5.68. The van der Waals surface area contributed by atoms with Crippen molar-refractivity contribution in [1.29, 1.82) is 0 Å². The quantitative estimate of drug-likeness (QED) is 0.578. The number of alkyl halides is 2. The van der Waals surface area contributed by atoms with Gasteiger partial charge in [-0.25, -0.2) is 4.79 Å². The molecule has 0 spiro atoms. The lowest BCUT2D eigenvalue weighted by Crippen LogP contribution is -2.48. The molecular formula is C11H16Cl2O3. The van der Waals surface area contributed by atoms with Crippen molar-refractivity contribution in [3.8, 4) is 0 Å². The molecule has 0 bridgehead atoms. The van der Waals surface area contributed by atoms with Gasteiger partial charge in [0, 0.05) is 0 Å². The van der Waals surface area contributed by atoms with Crippen LogP contribution in [-0.4, -0.2) is 29.1 Å². The van der Waals surface area contributed by atoms with Crippen molar-refractivity contribution >= 4 is 29.4 Å². The van der Waals surface area contributed by atoms with E-state index in [1.807, 2.05) is 0 Å². The van der Waals surface area contributed by atoms with Crippen LogP contribution in [0.2, 0.25) is 0 Å². The Morgan fingerprint density at radius 2 is 1.31 bits per heavy atom. The summed E-state index contributed by atoms with van der Waals surface area (Å²) in [6, 6.07) is 0. The smallest absolute Gasteiger partial charge is 0.426 e. The number of halogens is 2. The van der Waals surface area contributed by atoms with E-state index in [1.54, 1.807) is 0 Å². The standard InChI is InChI=1S/C11H16Cl2O3/c12-7-10(3-1-4-10)15-9(14)16-11(8-13)5-2-6-11/h1-8H2. The highest BCUT2D eigenvalue weighted by Crippen LogP contribution is 2.40. The van der Waals surface area contributed by atoms with Gasteiger partial charge in [-0.05, 0) is 38.5 Å². The molecule has 3 nitrogen and oxygen atoms in total. The summed E-state index contributed by atoms with van der Waals surface area (Å²) < 4.78 is 10.6. The minimum atomic E-state index is -0.610. The van der Waals surface area contributed by atoms with Crippen LogP contribution in [0.1, 0.15) is 38.5 Å². The van der Waals surface area contributed by atoms with Gasteiger partial charge < -0.3 is 9.47 Å². The molecule has 0 atom stereocenters. The molecule has 0 aromatic carbocycles. The average molecular weight is 267 g/mol. The van der Waals surface area contributed by atoms with Crippen LogP contribution in [0.15, 0.2) is 0 Å². The SMILES string of the molecule is O=C(OC1(CCl)CCC1)OC1(CCl)CCC1. The lowest BCUT2D eigenvalue weighted by molar-refractivity contribution is -0.113. The van der Waals surface area contributed by atoms with Gasteiger partial charge in [-0.3, -0.25) is 0 Å². The summed E-state index contributed by atoms with van der Waals surface area (Å²) in [5.41, 5.74) is -0.953. The van der Waals surface area contributed by atoms with Gasteiger partial charge in [-0.2, -0.15) is 0 Å². The van der Waals surface area contributed by atoms with Crippen molar-refractivity contribution in [3.63, 3.8) is 0 Å². The first-order chi connectivity index (χ1) is 7.64. The molecule has 0 aromatic heterocycles. The average Bonchev–Trinajstić information content (AvgIpc) is 2.17. The lowest BCUT2D eigenvalue weighted by atomic mass is 9.81. The molecule has 0 radical (unpaired) electrons. The Balaban J connectivity index is 1.84. The number of hydrogen-bond donors (Lipinski definition) is 0. The van der Waals surface area contributed by atoms with Gasteiger partial charge in [0.1, 0.15) is 11.2 Å². The second-order valence-corrected chi connectivity index (χ2v) is 5.33. The van der Waals surface area contributed by atoms with E-state index in [9.17, 15) is 4.79 Å². The number of carbonyl (C=O) groups excluding carboxylic acids is 1. The Morgan fingerprint density at radius 1 is 0.938 bits per heavy atom. The highest BCUT2D eigenvalue weighted by Gasteiger charge is 2.45. The third kappa shape index (κ3) is 2.25. The minimum Gasteiger partial charge on any atom is -0.426 e. The maximum absolute atomic E-state index is 11.6. The van der Waals surface area contributed by atoms with Crippen LogP contribution in [0, 0.1) is 0 Å². The lowest BCUT2D eigenvalue weighted by Gasteiger charge is -2.42. The summed E-state index contributed by atoms with van der Waals surface area (Å²) >= 11 is 11.6. The van der Waals surface area contributed by atoms with Crippen LogP contribution in [-0.2, 0) is 9.47 Å². The van der Waals surface area contributed by atoms with Crippen LogP contribution < -0.4 is 0 Å². The topological polar surface area (TPSA) is 35.5 Å². The molecule has 5 heteroatoms. The highest BCUT2D eigenvalue weighted by atomic mass is 35.5. The molecule has 2 saturated carbocycles. The van der Waals surface area contributed by atoms with E-state index in [-0.39, 0.29) is 0 Å². The zero-order valence-electron chi connectivity index (χ0n) is 9.14. The molecular weight excluding hydrogens is 251 g/mol. The van der Waals surface area contributed by atoms with Crippen LogP contribution >= 0.6 is 23.2 Å². The third-order valence-electron chi connectivity index (χ3n) is 3.62. The van der Waals surface area contributed by atoms with Gasteiger partial charge in [0.15, 0.2) is 0 Å². The predicted octanol–water partition coefficient (Wildman–Crippen LogP) is 3.46. The van der Waals surface area contributed by atoms with Gasteiger partial charge in [0.05, 0.1) is 11.8 Å². The summed E-state index contributed by atoms with van der Waals surface area (Å²) in [5, 5.41) is 0. The Morgan fingerprint density at radius 3 is 1.50 bits per heavy atom. The zero-order valence-corrected chi connectivity index (χ0v) is 10.6. The molecule has 2 fully saturated rings. The summed E-state index contributed by atoms with van der Waals surface area (Å²) in [7, 11) is 0. The summed E-state index contributed by atoms with van der Waals surface area (Å²) in [6.45, 7) is 0. The van der Waals surface area contributed by atoms with Crippen LogP contribution in [0.4, 0.5) is 4.79 Å². The Kier molecular flexibility index (Phi) is 3.55. The summed E-state index contributed by atoms with van der Waals surface area (Å²) in [5.74, 6) is 0.686. The summed E-state index contributed by atoms with van der Waals surface area (Å²) in [4.78, 5) is 11.6. The first-order valence-corrected chi connectivity index (χ1v) is 6.75. The van der Waals surface area contributed by atoms with Crippen molar-refractivity contribution < 1.29 is 14.3 Å². The van der Waals surface area contributed by atoms with Gasteiger partial charge in [-0.15, -0.1) is 23.2 Å². The third-order valence-corrected chi connectivity index (χ3v) is 4.59. The first kappa shape index (κ1) is 12.3. The molecule has 0 aromatic rings. The molecule has 0 heterocycles. The fourth-order valence-corrected chi connectivity index (χ4v) is 2.69. The molecule has 0 aliphatic heterocycles.